The highest BCUT2D eigenvalue weighted by molar-refractivity contribution is 7.46. The minimum atomic E-state index is -4.81. The highest BCUT2D eigenvalue weighted by Crippen LogP contribution is 2.36. The van der Waals surface area contributed by atoms with Crippen LogP contribution in [-0.2, 0) is 28.2 Å². The lowest BCUT2D eigenvalue weighted by molar-refractivity contribution is -0.161. The summed E-state index contributed by atoms with van der Waals surface area (Å²) in [5, 5.41) is 10.2. The zero-order chi connectivity index (χ0) is 37.8. The summed E-state index contributed by atoms with van der Waals surface area (Å²) in [6.45, 7) is 5.64. The first-order valence-electron chi connectivity index (χ1n) is 19.2. The molecule has 292 valence electrons. The van der Waals surface area contributed by atoms with Crippen LogP contribution in [0.5, 0.6) is 0 Å². The molecule has 0 radical (unpaired) electrons. The average Bonchev–Trinajstić information content (AvgIpc) is 3.08. The number of carbonyl (C=O) groups excluding carboxylic acids is 2. The standard InChI is InChI=1S/C41H69O9P/c1-4-5-6-7-8-9-10-11-12-13-14-15-19-22-25-28-31-38(42)33-34-40(43)48-35-39(36-49-51(45,46)47)50-41(44)32-29-26-23-20-17-16-18-21-24-27-30-37(2)3/h5-6,8-9,11-12,14-15,22,25,28,31,37-39,42H,4,7,10,13,16-21,23-24,26-27,29-30,32-36H2,1-3H3,(H2,45,46,47)/b6-5-,9-8-,12-11-,15-14-,25-22-,31-28-/t38?,39-/m1/s1. The Morgan fingerprint density at radius 3 is 1.67 bits per heavy atom. The Hall–Kier alpha value is -2.55. The molecule has 0 aliphatic carbocycles. The molecule has 3 N–H and O–H groups in total. The molecule has 0 saturated heterocycles. The van der Waals surface area contributed by atoms with Crippen LogP contribution in [0, 0.1) is 5.92 Å². The topological polar surface area (TPSA) is 140 Å². The van der Waals surface area contributed by atoms with Gasteiger partial charge < -0.3 is 24.4 Å². The van der Waals surface area contributed by atoms with Gasteiger partial charge in [0.15, 0.2) is 6.10 Å². The van der Waals surface area contributed by atoms with E-state index >= 15 is 0 Å². The molecular formula is C41H69O9P. The summed E-state index contributed by atoms with van der Waals surface area (Å²) >= 11 is 0. The molecule has 0 saturated carbocycles. The van der Waals surface area contributed by atoms with Crippen LogP contribution in [0.2, 0.25) is 0 Å². The monoisotopic (exact) mass is 736 g/mol. The fourth-order valence-corrected chi connectivity index (χ4v) is 5.26. The van der Waals surface area contributed by atoms with Crippen LogP contribution in [0.3, 0.4) is 0 Å². The molecule has 0 bridgehead atoms. The lowest BCUT2D eigenvalue weighted by Gasteiger charge is -2.18. The molecule has 0 amide bonds. The second-order valence-electron chi connectivity index (χ2n) is 13.2. The number of esters is 2. The number of ether oxygens (including phenoxy) is 2. The first-order valence-corrected chi connectivity index (χ1v) is 20.7. The summed E-state index contributed by atoms with van der Waals surface area (Å²) in [6, 6.07) is 0. The average molecular weight is 737 g/mol. The Balaban J connectivity index is 4.23. The maximum Gasteiger partial charge on any atom is 0.469 e. The van der Waals surface area contributed by atoms with E-state index in [0.717, 1.165) is 57.3 Å². The van der Waals surface area contributed by atoms with Crippen molar-refractivity contribution in [3.63, 3.8) is 0 Å². The van der Waals surface area contributed by atoms with Gasteiger partial charge in [0.1, 0.15) is 6.61 Å². The predicted octanol–water partition coefficient (Wildman–Crippen LogP) is 10.3. The smallest absolute Gasteiger partial charge is 0.462 e. The number of hydrogen-bond acceptors (Lipinski definition) is 7. The van der Waals surface area contributed by atoms with Crippen LogP contribution in [0.1, 0.15) is 143 Å². The van der Waals surface area contributed by atoms with Gasteiger partial charge in [-0.1, -0.05) is 158 Å². The van der Waals surface area contributed by atoms with Crippen molar-refractivity contribution in [2.75, 3.05) is 13.2 Å². The fraction of sp³-hybridized carbons (Fsp3) is 0.659. The Morgan fingerprint density at radius 2 is 1.14 bits per heavy atom. The van der Waals surface area contributed by atoms with Crippen molar-refractivity contribution in [1.82, 2.24) is 0 Å². The molecule has 0 aromatic rings. The second-order valence-corrected chi connectivity index (χ2v) is 14.4. The first-order chi connectivity index (χ1) is 24.5. The van der Waals surface area contributed by atoms with Crippen LogP contribution in [0.15, 0.2) is 72.9 Å². The lowest BCUT2D eigenvalue weighted by atomic mass is 10.0. The Morgan fingerprint density at radius 1 is 0.627 bits per heavy atom. The molecular weight excluding hydrogens is 667 g/mol. The molecule has 0 aromatic carbocycles. The fourth-order valence-electron chi connectivity index (χ4n) is 4.90. The van der Waals surface area contributed by atoms with Crippen LogP contribution in [0.4, 0.5) is 0 Å². The van der Waals surface area contributed by atoms with Crippen LogP contribution in [0.25, 0.3) is 0 Å². The van der Waals surface area contributed by atoms with E-state index in [1.54, 1.807) is 12.2 Å². The van der Waals surface area contributed by atoms with Crippen LogP contribution >= 0.6 is 7.82 Å². The van der Waals surface area contributed by atoms with Gasteiger partial charge in [0.25, 0.3) is 0 Å². The van der Waals surface area contributed by atoms with Gasteiger partial charge in [-0.2, -0.15) is 0 Å². The maximum absolute atomic E-state index is 12.4. The van der Waals surface area contributed by atoms with Crippen molar-refractivity contribution < 1.29 is 43.0 Å². The van der Waals surface area contributed by atoms with Crippen molar-refractivity contribution in [2.24, 2.45) is 5.92 Å². The van der Waals surface area contributed by atoms with Gasteiger partial charge in [-0.15, -0.1) is 0 Å². The number of aliphatic hydroxyl groups is 1. The van der Waals surface area contributed by atoms with Crippen molar-refractivity contribution in [3.8, 4) is 0 Å². The highest BCUT2D eigenvalue weighted by Gasteiger charge is 2.23. The molecule has 0 heterocycles. The van der Waals surface area contributed by atoms with E-state index in [-0.39, 0.29) is 19.3 Å². The molecule has 9 nitrogen and oxygen atoms in total. The predicted molar refractivity (Wildman–Crippen MR) is 208 cm³/mol. The highest BCUT2D eigenvalue weighted by atomic mass is 31.2. The van der Waals surface area contributed by atoms with Crippen molar-refractivity contribution in [2.45, 2.75) is 155 Å². The molecule has 1 unspecified atom stereocenters. The number of unbranched alkanes of at least 4 members (excludes halogenated alkanes) is 9. The summed E-state index contributed by atoms with van der Waals surface area (Å²) in [5.41, 5.74) is 0. The Bertz CT molecular complexity index is 1080. The number of rotatable bonds is 33. The third-order valence-electron chi connectivity index (χ3n) is 7.79. The van der Waals surface area contributed by atoms with Gasteiger partial charge in [0.2, 0.25) is 0 Å². The number of hydrogen-bond donors (Lipinski definition) is 3. The minimum Gasteiger partial charge on any atom is -0.462 e. The van der Waals surface area contributed by atoms with E-state index in [1.807, 2.05) is 12.2 Å². The number of phosphoric acid groups is 1. The zero-order valence-electron chi connectivity index (χ0n) is 31.7. The van der Waals surface area contributed by atoms with Gasteiger partial charge in [0.05, 0.1) is 12.7 Å². The van der Waals surface area contributed by atoms with Gasteiger partial charge in [-0.3, -0.25) is 14.1 Å². The van der Waals surface area contributed by atoms with E-state index in [2.05, 4.69) is 73.9 Å². The van der Waals surface area contributed by atoms with E-state index in [4.69, 9.17) is 19.3 Å². The van der Waals surface area contributed by atoms with Crippen molar-refractivity contribution in [3.05, 3.63) is 72.9 Å². The van der Waals surface area contributed by atoms with E-state index in [1.165, 1.54) is 44.9 Å². The van der Waals surface area contributed by atoms with Gasteiger partial charge in [0, 0.05) is 12.8 Å². The summed E-state index contributed by atoms with van der Waals surface area (Å²) < 4.78 is 26.1. The summed E-state index contributed by atoms with van der Waals surface area (Å²) in [4.78, 5) is 42.7. The molecule has 10 heteroatoms. The lowest BCUT2D eigenvalue weighted by Crippen LogP contribution is -2.29. The molecule has 0 aliphatic heterocycles. The number of allylic oxidation sites excluding steroid dienone is 11. The maximum atomic E-state index is 12.4. The molecule has 0 aliphatic rings. The number of carbonyl (C=O) groups is 2. The molecule has 0 fully saturated rings. The normalized spacial score (nSPS) is 14.0. The van der Waals surface area contributed by atoms with E-state index in [0.29, 0.717) is 6.42 Å². The summed E-state index contributed by atoms with van der Waals surface area (Å²) in [5.74, 6) is -0.391. The molecule has 51 heavy (non-hydrogen) atoms. The molecule has 0 spiro atoms. The van der Waals surface area contributed by atoms with E-state index < -0.39 is 45.2 Å². The van der Waals surface area contributed by atoms with Gasteiger partial charge in [-0.05, 0) is 50.9 Å². The Kier molecular flexibility index (Phi) is 32.8. The van der Waals surface area contributed by atoms with Crippen LogP contribution in [-0.4, -0.2) is 52.3 Å². The first kappa shape index (κ1) is 48.5. The SMILES string of the molecule is CC/C=C\C/C=C\C/C=C\C/C=C\C/C=C\C=C/C(O)CCC(=O)OC[C@H](COP(=O)(O)O)OC(=O)CCCCCCCCCCCCC(C)C. The third-order valence-corrected chi connectivity index (χ3v) is 8.27. The molecule has 2 atom stereocenters. The van der Waals surface area contributed by atoms with E-state index in [9.17, 15) is 19.3 Å². The largest absolute Gasteiger partial charge is 0.469 e. The van der Waals surface area contributed by atoms with Crippen molar-refractivity contribution >= 4 is 19.8 Å². The van der Waals surface area contributed by atoms with Gasteiger partial charge >= 0.3 is 19.8 Å². The molecule has 0 aromatic heterocycles. The van der Waals surface area contributed by atoms with Crippen molar-refractivity contribution in [1.29, 1.82) is 0 Å². The number of phosphoric ester groups is 1. The second kappa shape index (κ2) is 34.5. The van der Waals surface area contributed by atoms with Crippen LogP contribution < -0.4 is 0 Å². The quantitative estimate of drug-likeness (QED) is 0.0197. The summed E-state index contributed by atoms with van der Waals surface area (Å²) in [6.07, 6.45) is 39.7. The summed E-state index contributed by atoms with van der Waals surface area (Å²) in [7, 11) is -4.81. The molecule has 0 rings (SSSR count). The Labute approximate surface area is 309 Å². The zero-order valence-corrected chi connectivity index (χ0v) is 32.6. The third kappa shape index (κ3) is 38.5. The number of aliphatic hydroxyl groups excluding tert-OH is 1. The van der Waals surface area contributed by atoms with Gasteiger partial charge in [-0.25, -0.2) is 4.57 Å². The minimum absolute atomic E-state index is 0.0880.